The van der Waals surface area contributed by atoms with E-state index < -0.39 is 5.51 Å². The molecule has 0 aromatic heterocycles. The molecule has 0 rings (SSSR count). The van der Waals surface area contributed by atoms with Crippen molar-refractivity contribution in [3.05, 3.63) is 0 Å². The average Bonchev–Trinajstić information content (AvgIpc) is 2.19. The van der Waals surface area contributed by atoms with Crippen LogP contribution in [-0.4, -0.2) is 36.3 Å². The summed E-state index contributed by atoms with van der Waals surface area (Å²) in [5, 5.41) is 5.36. The standard InChI is InChI=1S/C9H17F3N2OS/c1-3-7(2)14-6-8(15)13-4-5-16-9(10,11)12/h7,14H,3-6H2,1-2H3,(H,13,15). The fourth-order valence-electron chi connectivity index (χ4n) is 0.831. The Hall–Kier alpha value is -0.430. The van der Waals surface area contributed by atoms with Crippen molar-refractivity contribution in [1.82, 2.24) is 10.6 Å². The van der Waals surface area contributed by atoms with Crippen LogP contribution in [0.5, 0.6) is 0 Å². The first-order chi connectivity index (χ1) is 7.35. The lowest BCUT2D eigenvalue weighted by atomic mass is 10.2. The Morgan fingerprint density at radius 1 is 1.44 bits per heavy atom. The van der Waals surface area contributed by atoms with Gasteiger partial charge in [-0.1, -0.05) is 6.92 Å². The molecule has 0 aromatic rings. The first-order valence-corrected chi connectivity index (χ1v) is 6.04. The van der Waals surface area contributed by atoms with Crippen LogP contribution >= 0.6 is 11.8 Å². The second kappa shape index (κ2) is 7.78. The molecule has 0 fully saturated rings. The van der Waals surface area contributed by atoms with Crippen molar-refractivity contribution < 1.29 is 18.0 Å². The molecule has 0 aromatic carbocycles. The Morgan fingerprint density at radius 2 is 2.06 bits per heavy atom. The van der Waals surface area contributed by atoms with Gasteiger partial charge in [-0.05, 0) is 25.1 Å². The van der Waals surface area contributed by atoms with Crippen molar-refractivity contribution >= 4 is 17.7 Å². The Kier molecular flexibility index (Phi) is 7.57. The number of rotatable bonds is 7. The molecule has 0 heterocycles. The van der Waals surface area contributed by atoms with Crippen LogP contribution in [0.3, 0.4) is 0 Å². The number of carbonyl (C=O) groups excluding carboxylic acids is 1. The summed E-state index contributed by atoms with van der Waals surface area (Å²) in [5.41, 5.74) is -4.22. The Balaban J connectivity index is 3.44. The second-order valence-corrected chi connectivity index (χ2v) is 4.49. The number of hydrogen-bond acceptors (Lipinski definition) is 3. The van der Waals surface area contributed by atoms with Crippen LogP contribution in [0.25, 0.3) is 0 Å². The molecule has 1 unspecified atom stereocenters. The smallest absolute Gasteiger partial charge is 0.354 e. The van der Waals surface area contributed by atoms with E-state index in [1.54, 1.807) is 0 Å². The van der Waals surface area contributed by atoms with Crippen LogP contribution in [0.4, 0.5) is 13.2 Å². The van der Waals surface area contributed by atoms with Gasteiger partial charge in [0.1, 0.15) is 0 Å². The van der Waals surface area contributed by atoms with Crippen molar-refractivity contribution in [3.8, 4) is 0 Å². The number of hydrogen-bond donors (Lipinski definition) is 2. The van der Waals surface area contributed by atoms with Crippen molar-refractivity contribution in [2.45, 2.75) is 31.8 Å². The van der Waals surface area contributed by atoms with Gasteiger partial charge in [0, 0.05) is 18.3 Å². The van der Waals surface area contributed by atoms with Crippen LogP contribution in [0.15, 0.2) is 0 Å². The van der Waals surface area contributed by atoms with Gasteiger partial charge in [-0.15, -0.1) is 0 Å². The van der Waals surface area contributed by atoms with Gasteiger partial charge in [0.15, 0.2) is 0 Å². The van der Waals surface area contributed by atoms with Gasteiger partial charge < -0.3 is 10.6 Å². The van der Waals surface area contributed by atoms with E-state index in [2.05, 4.69) is 10.6 Å². The molecule has 1 atom stereocenters. The van der Waals surface area contributed by atoms with E-state index in [4.69, 9.17) is 0 Å². The fraction of sp³-hybridized carbons (Fsp3) is 0.889. The third-order valence-electron chi connectivity index (χ3n) is 1.91. The first-order valence-electron chi connectivity index (χ1n) is 5.06. The quantitative estimate of drug-likeness (QED) is 0.683. The van der Waals surface area contributed by atoms with E-state index >= 15 is 0 Å². The predicted octanol–water partition coefficient (Wildman–Crippen LogP) is 1.74. The average molecular weight is 258 g/mol. The molecule has 0 saturated carbocycles. The number of nitrogens with one attached hydrogen (secondary N) is 2. The third-order valence-corrected chi connectivity index (χ3v) is 2.65. The largest absolute Gasteiger partial charge is 0.441 e. The summed E-state index contributed by atoms with van der Waals surface area (Å²) in [6.07, 6.45) is 0.900. The maximum absolute atomic E-state index is 11.7. The molecule has 0 saturated heterocycles. The highest BCUT2D eigenvalue weighted by atomic mass is 32.2. The Labute approximate surface area is 97.5 Å². The van der Waals surface area contributed by atoms with Crippen molar-refractivity contribution in [2.24, 2.45) is 0 Å². The molecule has 96 valence electrons. The molecule has 16 heavy (non-hydrogen) atoms. The summed E-state index contributed by atoms with van der Waals surface area (Å²) in [5.74, 6) is -0.429. The molecule has 7 heteroatoms. The van der Waals surface area contributed by atoms with Crippen molar-refractivity contribution in [2.75, 3.05) is 18.8 Å². The molecular weight excluding hydrogens is 241 g/mol. The lowest BCUT2D eigenvalue weighted by molar-refractivity contribution is -0.120. The van der Waals surface area contributed by atoms with E-state index in [9.17, 15) is 18.0 Å². The Bertz CT molecular complexity index is 211. The molecule has 0 spiro atoms. The van der Waals surface area contributed by atoms with E-state index in [1.165, 1.54) is 0 Å². The number of halogens is 3. The molecule has 2 N–H and O–H groups in total. The minimum Gasteiger partial charge on any atom is -0.354 e. The van der Waals surface area contributed by atoms with Gasteiger partial charge in [0.05, 0.1) is 6.54 Å². The minimum absolute atomic E-state index is 0.0329. The summed E-state index contributed by atoms with van der Waals surface area (Å²) in [7, 11) is 0. The van der Waals surface area contributed by atoms with Gasteiger partial charge >= 0.3 is 5.51 Å². The van der Waals surface area contributed by atoms with Crippen molar-refractivity contribution in [1.29, 1.82) is 0 Å². The molecule has 0 bridgehead atoms. The van der Waals surface area contributed by atoms with E-state index in [0.717, 1.165) is 6.42 Å². The van der Waals surface area contributed by atoms with Crippen LogP contribution in [0.2, 0.25) is 0 Å². The summed E-state index contributed by atoms with van der Waals surface area (Å²) in [4.78, 5) is 11.1. The monoisotopic (exact) mass is 258 g/mol. The van der Waals surface area contributed by atoms with Gasteiger partial charge in [-0.25, -0.2) is 0 Å². The molecule has 0 aliphatic rings. The minimum atomic E-state index is -4.22. The first kappa shape index (κ1) is 15.6. The molecule has 0 aliphatic heterocycles. The Morgan fingerprint density at radius 3 is 2.56 bits per heavy atom. The number of thioether (sulfide) groups is 1. The second-order valence-electron chi connectivity index (χ2n) is 3.33. The van der Waals surface area contributed by atoms with Gasteiger partial charge in [-0.3, -0.25) is 4.79 Å². The number of alkyl halides is 3. The highest BCUT2D eigenvalue weighted by molar-refractivity contribution is 8.00. The molecular formula is C9H17F3N2OS. The topological polar surface area (TPSA) is 41.1 Å². The maximum Gasteiger partial charge on any atom is 0.441 e. The van der Waals surface area contributed by atoms with Gasteiger partial charge in [0.25, 0.3) is 0 Å². The van der Waals surface area contributed by atoms with E-state index in [0.29, 0.717) is 0 Å². The van der Waals surface area contributed by atoms with Crippen LogP contribution < -0.4 is 10.6 Å². The van der Waals surface area contributed by atoms with E-state index in [1.807, 2.05) is 13.8 Å². The van der Waals surface area contributed by atoms with Crippen LogP contribution in [0, 0.1) is 0 Å². The SMILES string of the molecule is CCC(C)NCC(=O)NCCSC(F)(F)F. The summed E-state index contributed by atoms with van der Waals surface area (Å²) in [6, 6.07) is 0.232. The summed E-state index contributed by atoms with van der Waals surface area (Å²) < 4.78 is 35.2. The number of amides is 1. The van der Waals surface area contributed by atoms with Crippen LogP contribution in [0.1, 0.15) is 20.3 Å². The zero-order chi connectivity index (χ0) is 12.6. The molecule has 0 aliphatic carbocycles. The maximum atomic E-state index is 11.7. The number of carbonyl (C=O) groups is 1. The predicted molar refractivity (Wildman–Crippen MR) is 59.3 cm³/mol. The zero-order valence-electron chi connectivity index (χ0n) is 9.36. The lowest BCUT2D eigenvalue weighted by Gasteiger charge is -2.11. The highest BCUT2D eigenvalue weighted by Gasteiger charge is 2.27. The normalized spacial score (nSPS) is 13.6. The third kappa shape index (κ3) is 10.1. The summed E-state index contributed by atoms with van der Waals surface area (Å²) >= 11 is -0.131. The molecule has 1 amide bonds. The fourth-order valence-corrected chi connectivity index (χ4v) is 1.27. The van der Waals surface area contributed by atoms with Crippen molar-refractivity contribution in [3.63, 3.8) is 0 Å². The summed E-state index contributed by atoms with van der Waals surface area (Å²) in [6.45, 7) is 4.10. The van der Waals surface area contributed by atoms with Gasteiger partial charge in [0.2, 0.25) is 5.91 Å². The molecule has 0 radical (unpaired) electrons. The molecule has 3 nitrogen and oxygen atoms in total. The zero-order valence-corrected chi connectivity index (χ0v) is 10.2. The van der Waals surface area contributed by atoms with E-state index in [-0.39, 0.29) is 42.6 Å². The van der Waals surface area contributed by atoms with Crippen LogP contribution in [-0.2, 0) is 4.79 Å². The highest BCUT2D eigenvalue weighted by Crippen LogP contribution is 2.29. The lowest BCUT2D eigenvalue weighted by Crippen LogP contribution is -2.38. The van der Waals surface area contributed by atoms with Gasteiger partial charge in [-0.2, -0.15) is 13.2 Å².